The highest BCUT2D eigenvalue weighted by molar-refractivity contribution is 7.39. The van der Waals surface area contributed by atoms with Gasteiger partial charge in [0.05, 0.1) is 23.2 Å². The predicted molar refractivity (Wildman–Crippen MR) is 120 cm³/mol. The number of hydrogen-bond acceptors (Lipinski definition) is 4. The predicted octanol–water partition coefficient (Wildman–Crippen LogP) is 4.81. The molecule has 0 fully saturated rings. The Bertz CT molecular complexity index is 1190. The Morgan fingerprint density at radius 2 is 1.94 bits per heavy atom. The molecule has 0 saturated carbocycles. The first-order valence-corrected chi connectivity index (χ1v) is 11.5. The second-order valence-corrected chi connectivity index (χ2v) is 8.89. The molecule has 0 amide bonds. The molecule has 3 aromatic rings. The number of rotatable bonds is 8. The Balaban J connectivity index is 1.92. The number of carboxylic acids is 1. The van der Waals surface area contributed by atoms with E-state index in [-0.39, 0.29) is 24.5 Å². The van der Waals surface area contributed by atoms with E-state index in [1.807, 2.05) is 28.8 Å². The molecule has 0 spiro atoms. The van der Waals surface area contributed by atoms with Crippen LogP contribution in [0.3, 0.4) is 0 Å². The van der Waals surface area contributed by atoms with E-state index in [2.05, 4.69) is 25.7 Å². The van der Waals surface area contributed by atoms with Crippen molar-refractivity contribution in [3.05, 3.63) is 65.6 Å². The van der Waals surface area contributed by atoms with Crippen molar-refractivity contribution in [3.8, 4) is 23.1 Å². The highest BCUT2D eigenvalue weighted by Crippen LogP contribution is 2.35. The van der Waals surface area contributed by atoms with Crippen molar-refractivity contribution in [2.45, 2.75) is 32.3 Å². The topological polar surface area (TPSA) is 88.2 Å². The number of halogens is 1. The van der Waals surface area contributed by atoms with Crippen LogP contribution in [-0.4, -0.2) is 39.5 Å². The van der Waals surface area contributed by atoms with Crippen LogP contribution in [0, 0.1) is 17.7 Å². The van der Waals surface area contributed by atoms with Crippen molar-refractivity contribution in [1.29, 1.82) is 0 Å². The Morgan fingerprint density at radius 3 is 2.59 bits per heavy atom. The van der Waals surface area contributed by atoms with Gasteiger partial charge in [0.15, 0.2) is 6.61 Å². The molecule has 0 aliphatic heterocycles. The number of aliphatic hydroxyl groups is 1. The summed E-state index contributed by atoms with van der Waals surface area (Å²) in [6, 6.07) is 12.1. The summed E-state index contributed by atoms with van der Waals surface area (Å²) in [5.41, 5.74) is 4.46. The molecule has 8 heteroatoms. The molecule has 0 bridgehead atoms. The average molecular weight is 456 g/mol. The summed E-state index contributed by atoms with van der Waals surface area (Å²) in [7, 11) is -2.24. The first-order valence-electron chi connectivity index (χ1n) is 10.1. The maximum Gasteiger partial charge on any atom is 0.511 e. The molecule has 2 aromatic heterocycles. The van der Waals surface area contributed by atoms with Crippen molar-refractivity contribution < 1.29 is 28.5 Å². The number of hydrogen-bond donors (Lipinski definition) is 2. The molecule has 3 rings (SSSR count). The fourth-order valence-electron chi connectivity index (χ4n) is 3.56. The number of benzene rings is 1. The highest BCUT2D eigenvalue weighted by atomic mass is 31.1. The highest BCUT2D eigenvalue weighted by Gasteiger charge is 2.25. The minimum atomic E-state index is -2.24. The lowest BCUT2D eigenvalue weighted by molar-refractivity contribution is -0.138. The summed E-state index contributed by atoms with van der Waals surface area (Å²) in [5.74, 6) is 4.68. The van der Waals surface area contributed by atoms with E-state index < -0.39 is 26.5 Å². The van der Waals surface area contributed by atoms with Crippen LogP contribution in [0.15, 0.2) is 48.7 Å². The number of carboxylic acid groups (broad SMARTS) is 1. The zero-order chi connectivity index (χ0) is 23.3. The largest absolute Gasteiger partial charge is 0.511 e. The van der Waals surface area contributed by atoms with Crippen LogP contribution in [0.5, 0.6) is 0 Å². The molecule has 0 aliphatic rings. The molecule has 2 atom stereocenters. The van der Waals surface area contributed by atoms with Gasteiger partial charge in [-0.05, 0) is 58.0 Å². The Labute approximate surface area is 186 Å². The smallest absolute Gasteiger partial charge is 0.481 e. The lowest BCUT2D eigenvalue weighted by Crippen LogP contribution is -2.15. The fraction of sp³-hybridized carbons (Fsp3) is 0.292. The Hall–Kier alpha value is -3.04. The first-order chi connectivity index (χ1) is 15.3. The van der Waals surface area contributed by atoms with Crippen molar-refractivity contribution in [2.75, 3.05) is 12.8 Å². The maximum absolute atomic E-state index is 13.5. The molecule has 1 unspecified atom stereocenters. The summed E-state index contributed by atoms with van der Waals surface area (Å²) >= 11 is 0. The van der Waals surface area contributed by atoms with E-state index in [1.165, 1.54) is 12.1 Å². The summed E-state index contributed by atoms with van der Waals surface area (Å²) < 4.78 is 32.7. The number of pyridine rings is 1. The molecule has 2 N–H and O–H groups in total. The molecule has 32 heavy (non-hydrogen) atoms. The molecular weight excluding hydrogens is 432 g/mol. The molecule has 166 valence electrons. The number of aliphatic hydroxyl groups excluding tert-OH is 1. The van der Waals surface area contributed by atoms with E-state index >= 15 is 0 Å². The van der Waals surface area contributed by atoms with Gasteiger partial charge in [-0.15, -0.1) is 4.52 Å². The number of nitrogens with zero attached hydrogens (tertiary/aromatic N) is 1. The van der Waals surface area contributed by atoms with Crippen LogP contribution >= 0.6 is 8.03 Å². The van der Waals surface area contributed by atoms with Gasteiger partial charge in [-0.2, -0.15) is 0 Å². The minimum absolute atomic E-state index is 0.137. The van der Waals surface area contributed by atoms with Crippen LogP contribution < -0.4 is 0 Å². The third-order valence-electron chi connectivity index (χ3n) is 4.84. The zero-order valence-electron chi connectivity index (χ0n) is 17.8. The van der Waals surface area contributed by atoms with Gasteiger partial charge >= 0.3 is 14.0 Å². The summed E-state index contributed by atoms with van der Waals surface area (Å²) in [4.78, 5) is 10.6. The van der Waals surface area contributed by atoms with Gasteiger partial charge in [0.25, 0.3) is 0 Å². The lowest BCUT2D eigenvalue weighted by Gasteiger charge is -2.05. The van der Waals surface area contributed by atoms with Crippen LogP contribution in [0.4, 0.5) is 4.39 Å². The molecular formula is C24H24FNO5P+. The third-order valence-corrected chi connectivity index (χ3v) is 5.98. The van der Waals surface area contributed by atoms with Gasteiger partial charge in [-0.1, -0.05) is 31.8 Å². The van der Waals surface area contributed by atoms with Gasteiger partial charge in [-0.25, -0.2) is 4.39 Å². The van der Waals surface area contributed by atoms with Crippen LogP contribution in [-0.2, 0) is 13.9 Å². The van der Waals surface area contributed by atoms with Crippen molar-refractivity contribution in [3.63, 3.8) is 0 Å². The first kappa shape index (κ1) is 23.6. The molecule has 6 nitrogen and oxygen atoms in total. The van der Waals surface area contributed by atoms with E-state index in [1.54, 1.807) is 12.1 Å². The maximum atomic E-state index is 13.5. The van der Waals surface area contributed by atoms with Gasteiger partial charge in [0, 0.05) is 6.20 Å². The summed E-state index contributed by atoms with van der Waals surface area (Å²) in [6.45, 7) is 4.00. The Kier molecular flexibility index (Phi) is 7.76. The quantitative estimate of drug-likeness (QED) is 0.375. The van der Waals surface area contributed by atoms with Gasteiger partial charge in [0.2, 0.25) is 6.16 Å². The average Bonchev–Trinajstić information content (AvgIpc) is 3.05. The van der Waals surface area contributed by atoms with Crippen molar-refractivity contribution in [2.24, 2.45) is 0 Å². The van der Waals surface area contributed by atoms with E-state index in [0.29, 0.717) is 0 Å². The third kappa shape index (κ3) is 5.60. The number of aromatic nitrogens is 1. The summed E-state index contributed by atoms with van der Waals surface area (Å²) in [6.07, 6.45) is -0.0649. The van der Waals surface area contributed by atoms with E-state index in [9.17, 15) is 18.9 Å². The molecule has 1 aromatic carbocycles. The number of aliphatic carboxylic acids is 1. The second kappa shape index (κ2) is 10.5. The monoisotopic (exact) mass is 456 g/mol. The normalized spacial score (nSPS) is 12.5. The van der Waals surface area contributed by atoms with Crippen LogP contribution in [0.25, 0.3) is 16.8 Å². The SMILES string of the molecule is CC(C)c1c(C#CCO[P+](=O)C[C@@H](O)CC(=O)O)c(-c2ccc(F)cc2)n2ccccc12. The molecule has 0 radical (unpaired) electrons. The lowest BCUT2D eigenvalue weighted by atomic mass is 9.97. The van der Waals surface area contributed by atoms with Crippen LogP contribution in [0.1, 0.15) is 37.3 Å². The Morgan fingerprint density at radius 1 is 1.22 bits per heavy atom. The molecule has 2 heterocycles. The summed E-state index contributed by atoms with van der Waals surface area (Å²) in [5, 5.41) is 18.2. The minimum Gasteiger partial charge on any atom is -0.481 e. The number of fused-ring (bicyclic) bond motifs is 1. The van der Waals surface area contributed by atoms with Crippen LogP contribution in [0.2, 0.25) is 0 Å². The standard InChI is InChI=1S/C24H23FNO5P/c1-16(2)23-20(6-5-13-31-32(30)15-19(27)14-22(28)29)24(17-8-10-18(25)11-9-17)26-12-4-3-7-21(23)26/h3-4,7-12,16,19,27H,13-15H2,1-2H3/p+1/t19-/m0/s1. The van der Waals surface area contributed by atoms with Crippen molar-refractivity contribution in [1.82, 2.24) is 4.40 Å². The van der Waals surface area contributed by atoms with E-state index in [4.69, 9.17) is 9.63 Å². The van der Waals surface area contributed by atoms with E-state index in [0.717, 1.165) is 27.9 Å². The van der Waals surface area contributed by atoms with Crippen molar-refractivity contribution >= 4 is 19.5 Å². The molecule has 0 saturated heterocycles. The molecule has 0 aliphatic carbocycles. The van der Waals surface area contributed by atoms with Gasteiger partial charge < -0.3 is 14.6 Å². The van der Waals surface area contributed by atoms with Gasteiger partial charge in [-0.3, -0.25) is 4.79 Å². The zero-order valence-corrected chi connectivity index (χ0v) is 18.7. The number of carbonyl (C=O) groups is 1. The second-order valence-electron chi connectivity index (χ2n) is 7.60. The fourth-order valence-corrected chi connectivity index (χ4v) is 4.34. The van der Waals surface area contributed by atoms with Gasteiger partial charge in [0.1, 0.15) is 11.9 Å².